The number of rotatable bonds is 4. The zero-order valence-electron chi connectivity index (χ0n) is 12.7. The first-order chi connectivity index (χ1) is 10.7. The molecule has 1 aliphatic heterocycles. The van der Waals surface area contributed by atoms with E-state index in [4.69, 9.17) is 20.9 Å². The molecule has 0 radical (unpaired) electrons. The lowest BCUT2D eigenvalue weighted by atomic mass is 10.1. The Kier molecular flexibility index (Phi) is 4.61. The maximum absolute atomic E-state index is 6.05. The monoisotopic (exact) mass is 322 g/mol. The largest absolute Gasteiger partial charge is 0.496 e. The third-order valence-corrected chi connectivity index (χ3v) is 4.11. The summed E-state index contributed by atoms with van der Waals surface area (Å²) in [4.78, 5) is 6.75. The molecular weight excluding hydrogens is 304 g/mol. The van der Waals surface area contributed by atoms with Crippen molar-refractivity contribution in [2.45, 2.75) is 12.5 Å². The summed E-state index contributed by atoms with van der Waals surface area (Å²) in [6.45, 7) is 2.78. The number of piperazine rings is 1. The Morgan fingerprint density at radius 2 is 2.36 bits per heavy atom. The first-order valence-corrected chi connectivity index (χ1v) is 7.61. The minimum Gasteiger partial charge on any atom is -0.496 e. The fourth-order valence-corrected chi connectivity index (χ4v) is 2.81. The van der Waals surface area contributed by atoms with E-state index in [1.807, 2.05) is 12.1 Å². The molecule has 1 unspecified atom stereocenters. The zero-order chi connectivity index (χ0) is 15.5. The summed E-state index contributed by atoms with van der Waals surface area (Å²) in [7, 11) is 3.70. The van der Waals surface area contributed by atoms with Crippen LogP contribution in [-0.4, -0.2) is 48.8 Å². The molecule has 7 heteroatoms. The van der Waals surface area contributed by atoms with Crippen LogP contribution in [0.2, 0.25) is 5.02 Å². The van der Waals surface area contributed by atoms with Gasteiger partial charge < -0.3 is 14.6 Å². The minimum absolute atomic E-state index is 0.146. The third kappa shape index (κ3) is 3.24. The summed E-state index contributed by atoms with van der Waals surface area (Å²) >= 11 is 6.05. The Hall–Kier alpha value is -1.63. The Morgan fingerprint density at radius 1 is 1.50 bits per heavy atom. The second-order valence-corrected chi connectivity index (χ2v) is 5.82. The normalized spacial score (nSPS) is 19.3. The quantitative estimate of drug-likeness (QED) is 0.927. The number of halogens is 1. The summed E-state index contributed by atoms with van der Waals surface area (Å²) in [6.07, 6.45) is 0.501. The molecule has 1 aliphatic rings. The third-order valence-electron chi connectivity index (χ3n) is 3.88. The van der Waals surface area contributed by atoms with Crippen LogP contribution in [0.3, 0.4) is 0 Å². The van der Waals surface area contributed by atoms with E-state index in [9.17, 15) is 0 Å². The molecule has 0 spiro atoms. The molecule has 2 heterocycles. The van der Waals surface area contributed by atoms with Crippen molar-refractivity contribution in [1.82, 2.24) is 20.4 Å². The van der Waals surface area contributed by atoms with Crippen molar-refractivity contribution in [1.29, 1.82) is 0 Å². The van der Waals surface area contributed by atoms with Crippen molar-refractivity contribution in [3.63, 3.8) is 0 Å². The average molecular weight is 323 g/mol. The molecule has 3 rings (SSSR count). The first kappa shape index (κ1) is 15.3. The Bertz CT molecular complexity index is 646. The van der Waals surface area contributed by atoms with Gasteiger partial charge in [0.2, 0.25) is 5.89 Å². The number of nitrogens with zero attached hydrogens (tertiary/aromatic N) is 3. The standard InChI is InChI=1S/C15H19ClN4O2/c1-20-6-5-17-9-12(20)15-18-14(22-19-15)8-10-7-11(16)3-4-13(10)21-2/h3-4,7,12,17H,5-6,8-9H2,1-2H3. The number of benzene rings is 1. The van der Waals surface area contributed by atoms with Crippen molar-refractivity contribution in [3.8, 4) is 5.75 Å². The van der Waals surface area contributed by atoms with E-state index >= 15 is 0 Å². The molecule has 1 aromatic carbocycles. The highest BCUT2D eigenvalue weighted by atomic mass is 35.5. The van der Waals surface area contributed by atoms with Crippen molar-refractivity contribution >= 4 is 11.6 Å². The van der Waals surface area contributed by atoms with Gasteiger partial charge in [0, 0.05) is 30.2 Å². The molecule has 0 bridgehead atoms. The fourth-order valence-electron chi connectivity index (χ4n) is 2.62. The molecule has 6 nitrogen and oxygen atoms in total. The number of methoxy groups -OCH3 is 1. The van der Waals surface area contributed by atoms with Gasteiger partial charge in [0.05, 0.1) is 19.6 Å². The van der Waals surface area contributed by atoms with Crippen LogP contribution >= 0.6 is 11.6 Å². The van der Waals surface area contributed by atoms with Crippen LogP contribution in [0.25, 0.3) is 0 Å². The van der Waals surface area contributed by atoms with E-state index in [1.165, 1.54) is 0 Å². The second kappa shape index (κ2) is 6.64. The molecule has 1 aromatic heterocycles. The van der Waals surface area contributed by atoms with Gasteiger partial charge in [0.1, 0.15) is 5.75 Å². The molecule has 1 saturated heterocycles. The van der Waals surface area contributed by atoms with E-state index < -0.39 is 0 Å². The maximum Gasteiger partial charge on any atom is 0.231 e. The number of hydrogen-bond acceptors (Lipinski definition) is 6. The van der Waals surface area contributed by atoms with Crippen LogP contribution in [0.1, 0.15) is 23.3 Å². The number of ether oxygens (including phenoxy) is 1. The summed E-state index contributed by atoms with van der Waals surface area (Å²) in [5.74, 6) is 2.04. The van der Waals surface area contributed by atoms with Crippen LogP contribution in [0.15, 0.2) is 22.7 Å². The van der Waals surface area contributed by atoms with E-state index in [-0.39, 0.29) is 6.04 Å². The van der Waals surface area contributed by atoms with Crippen molar-refractivity contribution in [2.75, 3.05) is 33.8 Å². The van der Waals surface area contributed by atoms with Gasteiger partial charge in [0.25, 0.3) is 0 Å². The zero-order valence-corrected chi connectivity index (χ0v) is 13.4. The van der Waals surface area contributed by atoms with Crippen molar-refractivity contribution in [2.24, 2.45) is 0 Å². The fraction of sp³-hybridized carbons (Fsp3) is 0.467. The molecule has 0 aliphatic carbocycles. The summed E-state index contributed by atoms with van der Waals surface area (Å²) in [5.41, 5.74) is 0.931. The molecule has 1 fully saturated rings. The highest BCUT2D eigenvalue weighted by Crippen LogP contribution is 2.25. The molecule has 0 amide bonds. The molecule has 118 valence electrons. The predicted octanol–water partition coefficient (Wildman–Crippen LogP) is 1.90. The van der Waals surface area contributed by atoms with Gasteiger partial charge >= 0.3 is 0 Å². The van der Waals surface area contributed by atoms with Gasteiger partial charge in [0.15, 0.2) is 5.82 Å². The summed E-state index contributed by atoms with van der Waals surface area (Å²) in [6, 6.07) is 5.64. The van der Waals surface area contributed by atoms with Crippen LogP contribution < -0.4 is 10.1 Å². The van der Waals surface area contributed by atoms with E-state index in [0.717, 1.165) is 30.9 Å². The van der Waals surface area contributed by atoms with E-state index in [2.05, 4.69) is 27.4 Å². The van der Waals surface area contributed by atoms with Gasteiger partial charge in [-0.1, -0.05) is 16.8 Å². The smallest absolute Gasteiger partial charge is 0.231 e. The lowest BCUT2D eigenvalue weighted by Gasteiger charge is -2.30. The highest BCUT2D eigenvalue weighted by molar-refractivity contribution is 6.30. The van der Waals surface area contributed by atoms with Crippen LogP contribution in [0.4, 0.5) is 0 Å². The van der Waals surface area contributed by atoms with Crippen LogP contribution in [-0.2, 0) is 6.42 Å². The predicted molar refractivity (Wildman–Crippen MR) is 83.3 cm³/mol. The van der Waals surface area contributed by atoms with Gasteiger partial charge in [-0.2, -0.15) is 4.98 Å². The SMILES string of the molecule is COc1ccc(Cl)cc1Cc1nc(C2CNCCN2C)no1. The van der Waals surface area contributed by atoms with Gasteiger partial charge in [-0.05, 0) is 25.2 Å². The van der Waals surface area contributed by atoms with Crippen molar-refractivity contribution < 1.29 is 9.26 Å². The first-order valence-electron chi connectivity index (χ1n) is 7.23. The lowest BCUT2D eigenvalue weighted by Crippen LogP contribution is -2.44. The summed E-state index contributed by atoms with van der Waals surface area (Å²) in [5, 5.41) is 8.13. The van der Waals surface area contributed by atoms with Crippen molar-refractivity contribution in [3.05, 3.63) is 40.5 Å². The molecule has 1 atom stereocenters. The Morgan fingerprint density at radius 3 is 3.14 bits per heavy atom. The second-order valence-electron chi connectivity index (χ2n) is 5.38. The average Bonchev–Trinajstić information content (AvgIpc) is 2.96. The van der Waals surface area contributed by atoms with Crippen LogP contribution in [0, 0.1) is 0 Å². The number of hydrogen-bond donors (Lipinski definition) is 1. The number of likely N-dealkylation sites (N-methyl/N-ethyl adjacent to an activating group) is 1. The number of nitrogens with one attached hydrogen (secondary N) is 1. The van der Waals surface area contributed by atoms with E-state index in [1.54, 1.807) is 13.2 Å². The molecule has 2 aromatic rings. The molecular formula is C15H19ClN4O2. The topological polar surface area (TPSA) is 63.4 Å². The van der Waals surface area contributed by atoms with Crippen LogP contribution in [0.5, 0.6) is 5.75 Å². The maximum atomic E-state index is 6.05. The number of aromatic nitrogens is 2. The summed E-state index contributed by atoms with van der Waals surface area (Å²) < 4.78 is 10.7. The van der Waals surface area contributed by atoms with Gasteiger partial charge in [-0.15, -0.1) is 0 Å². The Balaban J connectivity index is 1.78. The van der Waals surface area contributed by atoms with Gasteiger partial charge in [-0.3, -0.25) is 4.90 Å². The molecule has 0 saturated carbocycles. The minimum atomic E-state index is 0.146. The van der Waals surface area contributed by atoms with E-state index in [0.29, 0.717) is 23.2 Å². The lowest BCUT2D eigenvalue weighted by molar-refractivity contribution is 0.190. The van der Waals surface area contributed by atoms with Gasteiger partial charge in [-0.25, -0.2) is 0 Å². The highest BCUT2D eigenvalue weighted by Gasteiger charge is 2.25. The molecule has 22 heavy (non-hydrogen) atoms. The Labute approximate surface area is 134 Å². The molecule has 1 N–H and O–H groups in total.